The summed E-state index contributed by atoms with van der Waals surface area (Å²) in [5.74, 6) is -0.0515. The van der Waals surface area contributed by atoms with E-state index < -0.39 is 0 Å². The molecule has 2 aliphatic rings. The molecule has 9 heteroatoms. The molecule has 0 N–H and O–H groups in total. The van der Waals surface area contributed by atoms with E-state index in [9.17, 15) is 19.2 Å². The molecular weight excluding hydrogens is 350 g/mol. The summed E-state index contributed by atoms with van der Waals surface area (Å²) < 4.78 is 2.14. The van der Waals surface area contributed by atoms with Crippen LogP contribution < -0.4 is 0 Å². The molecule has 2 heterocycles. The number of nitriles is 1. The first kappa shape index (κ1) is 16.7. The van der Waals surface area contributed by atoms with E-state index >= 15 is 0 Å². The fourth-order valence-corrected chi connectivity index (χ4v) is 2.62. The maximum atomic E-state index is 11.0. The van der Waals surface area contributed by atoms with E-state index in [-0.39, 0.29) is 23.6 Å². The average Bonchev–Trinajstić information content (AvgIpc) is 2.90. The summed E-state index contributed by atoms with van der Waals surface area (Å²) in [6.45, 7) is 0. The highest BCUT2D eigenvalue weighted by Gasteiger charge is 2.29. The monoisotopic (exact) mass is 361 g/mol. The standard InChI is InChI=1S/C7H8N2O2S.C4H4BrNO2/c8-4-1-5-12-9-6(10)2-3-7(9)11;5-6-3(7)1-2-4(6)8/h1-3,5H2;1-2H2. The fourth-order valence-electron chi connectivity index (χ4n) is 1.43. The van der Waals surface area contributed by atoms with Gasteiger partial charge in [-0.1, -0.05) is 0 Å². The Labute approximate surface area is 128 Å². The Bertz CT molecular complexity index is 445. The third-order valence-corrected chi connectivity index (χ3v) is 4.27. The van der Waals surface area contributed by atoms with Gasteiger partial charge < -0.3 is 0 Å². The lowest BCUT2D eigenvalue weighted by molar-refractivity contribution is -0.133. The molecule has 0 spiro atoms. The van der Waals surface area contributed by atoms with Gasteiger partial charge in [0, 0.05) is 37.9 Å². The number of hydrogen-bond donors (Lipinski definition) is 0. The summed E-state index contributed by atoms with van der Waals surface area (Å²) in [5.41, 5.74) is 0. The van der Waals surface area contributed by atoms with Crippen LogP contribution in [0.1, 0.15) is 32.1 Å². The van der Waals surface area contributed by atoms with Crippen LogP contribution in [0.5, 0.6) is 0 Å². The van der Waals surface area contributed by atoms with E-state index in [4.69, 9.17) is 5.26 Å². The molecule has 2 aliphatic heterocycles. The number of halogens is 1. The molecule has 2 saturated heterocycles. The van der Waals surface area contributed by atoms with E-state index in [0.29, 0.717) is 37.9 Å². The van der Waals surface area contributed by atoms with Crippen molar-refractivity contribution in [3.8, 4) is 6.07 Å². The predicted octanol–water partition coefficient (Wildman–Crippen LogP) is 1.14. The van der Waals surface area contributed by atoms with Crippen molar-refractivity contribution in [2.45, 2.75) is 32.1 Å². The molecule has 0 unspecified atom stereocenters. The largest absolute Gasteiger partial charge is 0.274 e. The Kier molecular flexibility index (Phi) is 6.67. The second-order valence-corrected chi connectivity index (χ2v) is 5.63. The summed E-state index contributed by atoms with van der Waals surface area (Å²) in [4.78, 5) is 42.8. The van der Waals surface area contributed by atoms with Gasteiger partial charge in [0.15, 0.2) is 0 Å². The zero-order valence-electron chi connectivity index (χ0n) is 10.5. The SMILES string of the molecule is N#CCCSN1C(=O)CCC1=O.O=C1CCC(=O)N1Br. The Balaban J connectivity index is 0.000000217. The molecule has 0 aromatic heterocycles. The maximum absolute atomic E-state index is 11.0. The lowest BCUT2D eigenvalue weighted by atomic mass is 10.4. The quantitative estimate of drug-likeness (QED) is 0.323. The van der Waals surface area contributed by atoms with Crippen LogP contribution in [0.25, 0.3) is 0 Å². The second-order valence-electron chi connectivity index (χ2n) is 3.89. The van der Waals surface area contributed by atoms with Crippen molar-refractivity contribution >= 4 is 51.7 Å². The number of carbonyl (C=O) groups excluding carboxylic acids is 4. The van der Waals surface area contributed by atoms with Gasteiger partial charge >= 0.3 is 0 Å². The number of carbonyl (C=O) groups is 4. The van der Waals surface area contributed by atoms with Crippen molar-refractivity contribution in [3.05, 3.63) is 0 Å². The average molecular weight is 362 g/mol. The summed E-state index contributed by atoms with van der Waals surface area (Å²) >= 11 is 3.94. The lowest BCUT2D eigenvalue weighted by Gasteiger charge is -2.09. The van der Waals surface area contributed by atoms with Gasteiger partial charge in [-0.15, -0.1) is 0 Å². The van der Waals surface area contributed by atoms with Crippen LogP contribution in [0.4, 0.5) is 0 Å². The van der Waals surface area contributed by atoms with Gasteiger partial charge in [0.1, 0.15) is 0 Å². The molecule has 0 aromatic rings. The normalized spacial score (nSPS) is 18.2. The van der Waals surface area contributed by atoms with Crippen LogP contribution in [-0.4, -0.2) is 37.6 Å². The Morgan fingerprint density at radius 3 is 1.80 bits per heavy atom. The highest BCUT2D eigenvalue weighted by Crippen LogP contribution is 2.21. The van der Waals surface area contributed by atoms with Crippen LogP contribution in [0, 0.1) is 11.3 Å². The van der Waals surface area contributed by atoms with Gasteiger partial charge in [-0.25, -0.2) is 8.23 Å². The topological polar surface area (TPSA) is 98.5 Å². The first-order chi connectivity index (χ1) is 9.47. The summed E-state index contributed by atoms with van der Waals surface area (Å²) in [7, 11) is 0. The number of hydrogen-bond acceptors (Lipinski definition) is 6. The number of nitrogens with zero attached hydrogens (tertiary/aromatic N) is 3. The van der Waals surface area contributed by atoms with Gasteiger partial charge in [0.25, 0.3) is 0 Å². The van der Waals surface area contributed by atoms with Crippen molar-refractivity contribution < 1.29 is 19.2 Å². The molecule has 0 radical (unpaired) electrons. The first-order valence-electron chi connectivity index (χ1n) is 5.84. The fraction of sp³-hybridized carbons (Fsp3) is 0.545. The Hall–Kier alpha value is -1.40. The second kappa shape index (κ2) is 8.01. The minimum Gasteiger partial charge on any atom is -0.274 e. The van der Waals surface area contributed by atoms with E-state index in [2.05, 4.69) is 16.1 Å². The van der Waals surface area contributed by atoms with Crippen LogP contribution in [0.3, 0.4) is 0 Å². The Morgan fingerprint density at radius 2 is 1.45 bits per heavy atom. The summed E-state index contributed by atoms with van der Waals surface area (Å²) in [5, 5.41) is 8.22. The predicted molar refractivity (Wildman–Crippen MR) is 73.8 cm³/mol. The third kappa shape index (κ3) is 4.61. The molecule has 4 amide bonds. The van der Waals surface area contributed by atoms with Gasteiger partial charge in [0.2, 0.25) is 23.6 Å². The van der Waals surface area contributed by atoms with Crippen LogP contribution in [-0.2, 0) is 19.2 Å². The van der Waals surface area contributed by atoms with Gasteiger partial charge in [0.05, 0.1) is 22.2 Å². The number of amides is 4. The molecule has 0 saturated carbocycles. The number of rotatable bonds is 3. The zero-order chi connectivity index (χ0) is 15.1. The molecular formula is C11H12BrN3O4S. The highest BCUT2D eigenvalue weighted by atomic mass is 79.9. The minimum absolute atomic E-state index is 0.136. The molecule has 2 rings (SSSR count). The molecule has 0 atom stereocenters. The van der Waals surface area contributed by atoms with Crippen molar-refractivity contribution in [1.82, 2.24) is 8.23 Å². The van der Waals surface area contributed by atoms with Crippen LogP contribution in [0.15, 0.2) is 0 Å². The zero-order valence-corrected chi connectivity index (χ0v) is 12.9. The van der Waals surface area contributed by atoms with Crippen molar-refractivity contribution in [2.24, 2.45) is 0 Å². The third-order valence-electron chi connectivity index (χ3n) is 2.43. The molecule has 20 heavy (non-hydrogen) atoms. The minimum atomic E-state index is -0.144. The molecule has 0 aliphatic carbocycles. The van der Waals surface area contributed by atoms with E-state index in [1.165, 1.54) is 0 Å². The lowest BCUT2D eigenvalue weighted by Crippen LogP contribution is -2.21. The highest BCUT2D eigenvalue weighted by molar-refractivity contribution is 9.08. The summed E-state index contributed by atoms with van der Waals surface area (Å²) in [6.07, 6.45) is 1.70. The van der Waals surface area contributed by atoms with Crippen molar-refractivity contribution in [1.29, 1.82) is 5.26 Å². The summed E-state index contributed by atoms with van der Waals surface area (Å²) in [6, 6.07) is 1.95. The van der Waals surface area contributed by atoms with Gasteiger partial charge in [-0.3, -0.25) is 19.2 Å². The van der Waals surface area contributed by atoms with E-state index in [0.717, 1.165) is 20.2 Å². The van der Waals surface area contributed by atoms with E-state index in [1.807, 2.05) is 6.07 Å². The smallest absolute Gasteiger partial charge is 0.239 e. The molecule has 2 fully saturated rings. The molecule has 7 nitrogen and oxygen atoms in total. The number of imide groups is 2. The van der Waals surface area contributed by atoms with Crippen molar-refractivity contribution in [3.63, 3.8) is 0 Å². The molecule has 0 aromatic carbocycles. The Morgan fingerprint density at radius 1 is 1.00 bits per heavy atom. The van der Waals surface area contributed by atoms with Gasteiger partial charge in [-0.05, 0) is 11.9 Å². The molecule has 108 valence electrons. The van der Waals surface area contributed by atoms with Gasteiger partial charge in [-0.2, -0.15) is 5.26 Å². The van der Waals surface area contributed by atoms with Crippen molar-refractivity contribution in [2.75, 3.05) is 5.75 Å². The van der Waals surface area contributed by atoms with E-state index in [1.54, 1.807) is 0 Å². The van der Waals surface area contributed by atoms with Crippen LogP contribution in [0.2, 0.25) is 0 Å². The van der Waals surface area contributed by atoms with Crippen LogP contribution >= 0.6 is 28.1 Å². The maximum Gasteiger partial charge on any atom is 0.239 e. The first-order valence-corrected chi connectivity index (χ1v) is 7.49. The molecule has 0 bridgehead atoms.